The Morgan fingerprint density at radius 2 is 2.00 bits per heavy atom. The molecule has 15 heavy (non-hydrogen) atoms. The second-order valence-corrected chi connectivity index (χ2v) is 4.61. The van der Waals surface area contributed by atoms with Crippen molar-refractivity contribution in [2.75, 3.05) is 5.73 Å². The van der Waals surface area contributed by atoms with Gasteiger partial charge in [-0.05, 0) is 12.8 Å². The van der Waals surface area contributed by atoms with Crippen molar-refractivity contribution < 1.29 is 0 Å². The van der Waals surface area contributed by atoms with Gasteiger partial charge in [0.25, 0.3) is 0 Å². The zero-order chi connectivity index (χ0) is 10.9. The monoisotopic (exact) mass is 209 g/mol. The van der Waals surface area contributed by atoms with Gasteiger partial charge < -0.3 is 11.5 Å². The van der Waals surface area contributed by atoms with Gasteiger partial charge in [0.1, 0.15) is 0 Å². The molecule has 0 radical (unpaired) electrons. The SMILES string of the molecule is Cn1nc(CC2(N)CCCCC2)nc1N. The summed E-state index contributed by atoms with van der Waals surface area (Å²) in [5, 5.41) is 4.25. The van der Waals surface area contributed by atoms with E-state index in [1.807, 2.05) is 0 Å². The van der Waals surface area contributed by atoms with Gasteiger partial charge >= 0.3 is 0 Å². The van der Waals surface area contributed by atoms with Gasteiger partial charge in [0, 0.05) is 19.0 Å². The third-order valence-electron chi connectivity index (χ3n) is 3.20. The fourth-order valence-electron chi connectivity index (χ4n) is 2.27. The van der Waals surface area contributed by atoms with Crippen LogP contribution in [-0.4, -0.2) is 20.3 Å². The number of nitrogen functional groups attached to an aromatic ring is 1. The van der Waals surface area contributed by atoms with E-state index in [1.54, 1.807) is 11.7 Å². The first-order valence-corrected chi connectivity index (χ1v) is 5.53. The molecule has 0 bridgehead atoms. The summed E-state index contributed by atoms with van der Waals surface area (Å²) in [6, 6.07) is 0. The highest BCUT2D eigenvalue weighted by molar-refractivity contribution is 5.16. The molecule has 1 fully saturated rings. The molecule has 1 aliphatic rings. The number of hydrogen-bond donors (Lipinski definition) is 2. The Balaban J connectivity index is 2.06. The van der Waals surface area contributed by atoms with Gasteiger partial charge in [-0.25, -0.2) is 4.68 Å². The third-order valence-corrected chi connectivity index (χ3v) is 3.20. The largest absolute Gasteiger partial charge is 0.368 e. The van der Waals surface area contributed by atoms with Crippen LogP contribution in [0.5, 0.6) is 0 Å². The number of aromatic nitrogens is 3. The molecule has 0 aliphatic heterocycles. The van der Waals surface area contributed by atoms with E-state index in [1.165, 1.54) is 19.3 Å². The first-order chi connectivity index (χ1) is 7.09. The lowest BCUT2D eigenvalue weighted by Crippen LogP contribution is -2.44. The van der Waals surface area contributed by atoms with Crippen molar-refractivity contribution in [2.45, 2.75) is 44.1 Å². The smallest absolute Gasteiger partial charge is 0.218 e. The minimum Gasteiger partial charge on any atom is -0.368 e. The molecule has 2 rings (SSSR count). The summed E-state index contributed by atoms with van der Waals surface area (Å²) in [4.78, 5) is 4.20. The topological polar surface area (TPSA) is 82.8 Å². The Morgan fingerprint density at radius 3 is 2.53 bits per heavy atom. The van der Waals surface area contributed by atoms with Crippen LogP contribution in [0.1, 0.15) is 37.9 Å². The number of nitrogens with two attached hydrogens (primary N) is 2. The molecule has 1 aromatic heterocycles. The molecule has 1 aliphatic carbocycles. The first kappa shape index (κ1) is 10.4. The maximum atomic E-state index is 6.32. The first-order valence-electron chi connectivity index (χ1n) is 5.53. The quantitative estimate of drug-likeness (QED) is 0.747. The number of aryl methyl sites for hydroxylation is 1. The normalized spacial score (nSPS) is 20.4. The van der Waals surface area contributed by atoms with E-state index >= 15 is 0 Å². The van der Waals surface area contributed by atoms with Gasteiger partial charge in [0.2, 0.25) is 5.95 Å². The average molecular weight is 209 g/mol. The number of hydrogen-bond acceptors (Lipinski definition) is 4. The molecular weight excluding hydrogens is 190 g/mol. The Labute approximate surface area is 89.9 Å². The molecule has 0 spiro atoms. The molecule has 84 valence electrons. The van der Waals surface area contributed by atoms with E-state index in [-0.39, 0.29) is 5.54 Å². The van der Waals surface area contributed by atoms with Gasteiger partial charge in [-0.15, -0.1) is 0 Å². The maximum Gasteiger partial charge on any atom is 0.218 e. The predicted molar refractivity (Wildman–Crippen MR) is 59.1 cm³/mol. The molecule has 0 aromatic carbocycles. The number of anilines is 1. The van der Waals surface area contributed by atoms with Crippen molar-refractivity contribution in [3.63, 3.8) is 0 Å². The average Bonchev–Trinajstić information content (AvgIpc) is 2.46. The summed E-state index contributed by atoms with van der Waals surface area (Å²) in [6.07, 6.45) is 6.64. The Hall–Kier alpha value is -1.10. The van der Waals surface area contributed by atoms with Crippen molar-refractivity contribution in [2.24, 2.45) is 12.8 Å². The molecule has 1 aromatic rings. The second kappa shape index (κ2) is 3.81. The van der Waals surface area contributed by atoms with Gasteiger partial charge in [-0.2, -0.15) is 10.1 Å². The van der Waals surface area contributed by atoms with Crippen molar-refractivity contribution in [3.05, 3.63) is 5.82 Å². The molecule has 0 saturated heterocycles. The van der Waals surface area contributed by atoms with Crippen LogP contribution >= 0.6 is 0 Å². The third kappa shape index (κ3) is 2.28. The van der Waals surface area contributed by atoms with Crippen molar-refractivity contribution in [3.8, 4) is 0 Å². The highest BCUT2D eigenvalue weighted by Crippen LogP contribution is 2.28. The number of nitrogens with zero attached hydrogens (tertiary/aromatic N) is 3. The Morgan fingerprint density at radius 1 is 1.33 bits per heavy atom. The fraction of sp³-hybridized carbons (Fsp3) is 0.800. The highest BCUT2D eigenvalue weighted by atomic mass is 15.4. The minimum absolute atomic E-state index is 0.105. The zero-order valence-corrected chi connectivity index (χ0v) is 9.24. The second-order valence-electron chi connectivity index (χ2n) is 4.61. The molecule has 0 amide bonds. The van der Waals surface area contributed by atoms with Crippen LogP contribution in [0.15, 0.2) is 0 Å². The summed E-state index contributed by atoms with van der Waals surface area (Å²) in [5.74, 6) is 1.24. The van der Waals surface area contributed by atoms with E-state index in [0.29, 0.717) is 5.95 Å². The Kier molecular flexibility index (Phi) is 2.65. The van der Waals surface area contributed by atoms with E-state index < -0.39 is 0 Å². The lowest BCUT2D eigenvalue weighted by atomic mass is 9.80. The summed E-state index contributed by atoms with van der Waals surface area (Å²) in [7, 11) is 1.80. The maximum absolute atomic E-state index is 6.32. The van der Waals surface area contributed by atoms with Crippen LogP contribution < -0.4 is 11.5 Å². The van der Waals surface area contributed by atoms with Crippen LogP contribution in [0.2, 0.25) is 0 Å². The zero-order valence-electron chi connectivity index (χ0n) is 9.24. The molecule has 1 heterocycles. The van der Waals surface area contributed by atoms with Crippen LogP contribution in [0.3, 0.4) is 0 Å². The molecule has 5 heteroatoms. The van der Waals surface area contributed by atoms with E-state index in [9.17, 15) is 0 Å². The van der Waals surface area contributed by atoms with Crippen molar-refractivity contribution in [1.29, 1.82) is 0 Å². The van der Waals surface area contributed by atoms with Gasteiger partial charge in [0.05, 0.1) is 0 Å². The lowest BCUT2D eigenvalue weighted by molar-refractivity contribution is 0.289. The van der Waals surface area contributed by atoms with E-state index in [2.05, 4.69) is 10.1 Å². The molecular formula is C10H19N5. The minimum atomic E-state index is -0.105. The molecule has 0 atom stereocenters. The standard InChI is InChI=1S/C10H19N5/c1-15-9(11)13-8(14-15)7-10(12)5-3-2-4-6-10/h2-7,12H2,1H3,(H2,11,13,14). The number of rotatable bonds is 2. The van der Waals surface area contributed by atoms with E-state index in [4.69, 9.17) is 11.5 Å². The summed E-state index contributed by atoms with van der Waals surface area (Å²) >= 11 is 0. The molecule has 5 nitrogen and oxygen atoms in total. The van der Waals surface area contributed by atoms with Crippen molar-refractivity contribution in [1.82, 2.24) is 14.8 Å². The molecule has 4 N–H and O–H groups in total. The van der Waals surface area contributed by atoms with Crippen molar-refractivity contribution >= 4 is 5.95 Å². The fourth-order valence-corrected chi connectivity index (χ4v) is 2.27. The highest BCUT2D eigenvalue weighted by Gasteiger charge is 2.29. The van der Waals surface area contributed by atoms with Crippen LogP contribution in [0.25, 0.3) is 0 Å². The van der Waals surface area contributed by atoms with Gasteiger partial charge in [0.15, 0.2) is 5.82 Å². The summed E-state index contributed by atoms with van der Waals surface area (Å²) in [6.45, 7) is 0. The van der Waals surface area contributed by atoms with Gasteiger partial charge in [-0.1, -0.05) is 19.3 Å². The molecule has 1 saturated carbocycles. The Bertz CT molecular complexity index is 318. The van der Waals surface area contributed by atoms with Crippen LogP contribution in [-0.2, 0) is 13.5 Å². The molecule has 0 unspecified atom stereocenters. The van der Waals surface area contributed by atoms with E-state index in [0.717, 1.165) is 25.1 Å². The summed E-state index contributed by atoms with van der Waals surface area (Å²) in [5.41, 5.74) is 11.9. The van der Waals surface area contributed by atoms with Crippen LogP contribution in [0, 0.1) is 0 Å². The lowest BCUT2D eigenvalue weighted by Gasteiger charge is -2.32. The van der Waals surface area contributed by atoms with Gasteiger partial charge in [-0.3, -0.25) is 0 Å². The predicted octanol–water partition coefficient (Wildman–Crippen LogP) is 0.601. The van der Waals surface area contributed by atoms with Crippen LogP contribution in [0.4, 0.5) is 5.95 Å². The summed E-state index contributed by atoms with van der Waals surface area (Å²) < 4.78 is 1.60.